The number of carbonyl (C=O) groups is 3. The van der Waals surface area contributed by atoms with E-state index in [1.54, 1.807) is 5.32 Å². The number of unbranched alkanes of at least 4 members (excludes halogenated alkanes) is 2. The highest BCUT2D eigenvalue weighted by Gasteiger charge is 2.43. The number of halogens is 3. The average molecular weight is 409 g/mol. The summed E-state index contributed by atoms with van der Waals surface area (Å²) in [6.07, 6.45) is -6.20. The first-order valence-corrected chi connectivity index (χ1v) is 8.78. The third-order valence-electron chi connectivity index (χ3n) is 4.39. The minimum Gasteiger partial charge on any atom is -0.394 e. The van der Waals surface area contributed by atoms with Gasteiger partial charge in [-0.1, -0.05) is 0 Å². The molecule has 3 atom stereocenters. The van der Waals surface area contributed by atoms with E-state index in [9.17, 15) is 32.7 Å². The number of hydrogen-bond donors (Lipinski definition) is 5. The Morgan fingerprint density at radius 1 is 1.18 bits per heavy atom. The third kappa shape index (κ3) is 5.42. The Morgan fingerprint density at radius 2 is 1.86 bits per heavy atom. The van der Waals surface area contributed by atoms with E-state index in [2.05, 4.69) is 10.6 Å². The van der Waals surface area contributed by atoms with Crippen LogP contribution in [0.2, 0.25) is 0 Å². The van der Waals surface area contributed by atoms with Crippen LogP contribution < -0.4 is 16.0 Å². The summed E-state index contributed by atoms with van der Waals surface area (Å²) >= 11 is 0. The van der Waals surface area contributed by atoms with Crippen molar-refractivity contribution in [1.29, 1.82) is 0 Å². The molecule has 0 saturated carbocycles. The van der Waals surface area contributed by atoms with Gasteiger partial charge in [-0.2, -0.15) is 13.2 Å². The molecule has 0 bridgehead atoms. The molecule has 5 N–H and O–H groups in total. The number of alkyl halides is 3. The van der Waals surface area contributed by atoms with Gasteiger partial charge >= 0.3 is 12.1 Å². The molecule has 2 aliphatic heterocycles. The predicted molar refractivity (Wildman–Crippen MR) is 87.5 cm³/mol. The topological polar surface area (TPSA) is 137 Å². The van der Waals surface area contributed by atoms with Crippen LogP contribution in [0, 0.1) is 0 Å². The molecule has 0 aromatic heterocycles. The summed E-state index contributed by atoms with van der Waals surface area (Å²) in [6.45, 7) is -0.277. The predicted octanol–water partition coefficient (Wildman–Crippen LogP) is -1.15. The summed E-state index contributed by atoms with van der Waals surface area (Å²) in [4.78, 5) is 34.6. The number of aliphatic hydroxyl groups is 2. The molecule has 2 rings (SSSR count). The molecular weight excluding hydrogens is 387 g/mol. The van der Waals surface area contributed by atoms with Gasteiger partial charge in [0, 0.05) is 19.5 Å². The Labute approximate surface area is 158 Å². The minimum atomic E-state index is -4.91. The molecule has 1 fully saturated rings. The second-order valence-corrected chi connectivity index (χ2v) is 6.46. The molecule has 3 amide bonds. The molecule has 2 aliphatic rings. The largest absolute Gasteiger partial charge is 0.471 e. The van der Waals surface area contributed by atoms with Crippen LogP contribution in [0.3, 0.4) is 0 Å². The Hall–Kier alpha value is -2.18. The van der Waals surface area contributed by atoms with Gasteiger partial charge in [0.05, 0.1) is 24.4 Å². The molecule has 2 heterocycles. The zero-order chi connectivity index (χ0) is 20.9. The molecule has 0 spiro atoms. The molecule has 0 aromatic carbocycles. The Kier molecular flexibility index (Phi) is 7.38. The fourth-order valence-electron chi connectivity index (χ4n) is 2.97. The lowest BCUT2D eigenvalue weighted by Crippen LogP contribution is -2.37. The van der Waals surface area contributed by atoms with E-state index in [0.29, 0.717) is 19.3 Å². The zero-order valence-corrected chi connectivity index (χ0v) is 14.8. The van der Waals surface area contributed by atoms with Crippen LogP contribution in [-0.4, -0.2) is 72.1 Å². The van der Waals surface area contributed by atoms with E-state index in [1.165, 1.54) is 0 Å². The molecule has 0 aromatic rings. The number of rotatable bonds is 9. The first-order valence-electron chi connectivity index (χ1n) is 8.78. The first-order chi connectivity index (χ1) is 13.1. The van der Waals surface area contributed by atoms with Crippen molar-refractivity contribution in [3.05, 3.63) is 11.3 Å². The van der Waals surface area contributed by atoms with Crippen molar-refractivity contribution in [3.63, 3.8) is 0 Å². The van der Waals surface area contributed by atoms with Gasteiger partial charge in [0.25, 0.3) is 11.8 Å². The molecule has 28 heavy (non-hydrogen) atoms. The molecule has 12 heteroatoms. The lowest BCUT2D eigenvalue weighted by molar-refractivity contribution is -0.173. The number of imide groups is 1. The highest BCUT2D eigenvalue weighted by atomic mass is 19.4. The van der Waals surface area contributed by atoms with Gasteiger partial charge in [-0.15, -0.1) is 0 Å². The Morgan fingerprint density at radius 3 is 2.46 bits per heavy atom. The van der Waals surface area contributed by atoms with Crippen molar-refractivity contribution < 1.29 is 42.5 Å². The number of carbonyl (C=O) groups excluding carboxylic acids is 3. The average Bonchev–Trinajstić information content (AvgIpc) is 3.11. The standard InChI is InChI=1S/C16H22F3N3O6/c17-16(18,19)15(27)21-5-3-1-2-4-20-12-11(13(25)22-14(12)26)9-6-8(24)10(7-23)28-9/h8-10,23-24H,1-7H2,(H,21,27)(H2,20,22,25,26). The van der Waals surface area contributed by atoms with E-state index >= 15 is 0 Å². The lowest BCUT2D eigenvalue weighted by atomic mass is 10.0. The molecule has 158 valence electrons. The summed E-state index contributed by atoms with van der Waals surface area (Å²) in [7, 11) is 0. The Balaban J connectivity index is 1.79. The summed E-state index contributed by atoms with van der Waals surface area (Å²) < 4.78 is 41.5. The summed E-state index contributed by atoms with van der Waals surface area (Å²) in [6, 6.07) is 0. The number of nitrogens with one attached hydrogen (secondary N) is 3. The van der Waals surface area contributed by atoms with E-state index in [1.807, 2.05) is 0 Å². The van der Waals surface area contributed by atoms with Crippen molar-refractivity contribution in [3.8, 4) is 0 Å². The number of amides is 3. The zero-order valence-electron chi connectivity index (χ0n) is 14.8. The number of ether oxygens (including phenoxy) is 1. The number of hydrogen-bond acceptors (Lipinski definition) is 7. The molecule has 3 unspecified atom stereocenters. The maximum absolute atomic E-state index is 12.0. The van der Waals surface area contributed by atoms with Crippen molar-refractivity contribution in [2.75, 3.05) is 19.7 Å². The first kappa shape index (κ1) is 22.1. The monoisotopic (exact) mass is 409 g/mol. The normalized spacial score (nSPS) is 25.2. The second kappa shape index (κ2) is 9.34. The Bertz CT molecular complexity index is 652. The van der Waals surface area contributed by atoms with Gasteiger partial charge in [0.2, 0.25) is 0 Å². The summed E-state index contributed by atoms with van der Waals surface area (Å²) in [5.74, 6) is -3.26. The van der Waals surface area contributed by atoms with Crippen molar-refractivity contribution in [2.24, 2.45) is 0 Å². The van der Waals surface area contributed by atoms with E-state index < -0.39 is 48.8 Å². The third-order valence-corrected chi connectivity index (χ3v) is 4.39. The summed E-state index contributed by atoms with van der Waals surface area (Å²) in [5.41, 5.74) is 0.0728. The van der Waals surface area contributed by atoms with Gasteiger partial charge in [-0.05, 0) is 19.3 Å². The van der Waals surface area contributed by atoms with Crippen molar-refractivity contribution in [2.45, 2.75) is 50.2 Å². The summed E-state index contributed by atoms with van der Waals surface area (Å²) in [5, 5.41) is 25.6. The maximum atomic E-state index is 12.0. The van der Waals surface area contributed by atoms with Crippen molar-refractivity contribution >= 4 is 17.7 Å². The molecule has 1 saturated heterocycles. The van der Waals surface area contributed by atoms with E-state index in [0.717, 1.165) is 0 Å². The minimum absolute atomic E-state index is 0.0196. The van der Waals surface area contributed by atoms with Gasteiger partial charge in [0.1, 0.15) is 11.8 Å². The van der Waals surface area contributed by atoms with E-state index in [-0.39, 0.29) is 30.8 Å². The van der Waals surface area contributed by atoms with Gasteiger partial charge in [-0.3, -0.25) is 19.7 Å². The van der Waals surface area contributed by atoms with Crippen LogP contribution in [-0.2, 0) is 19.1 Å². The van der Waals surface area contributed by atoms with Gasteiger partial charge < -0.3 is 25.6 Å². The second-order valence-electron chi connectivity index (χ2n) is 6.46. The van der Waals surface area contributed by atoms with Crippen LogP contribution in [0.15, 0.2) is 11.3 Å². The van der Waals surface area contributed by atoms with Gasteiger partial charge in [0.15, 0.2) is 0 Å². The maximum Gasteiger partial charge on any atom is 0.471 e. The number of aliphatic hydroxyl groups excluding tert-OH is 2. The SMILES string of the molecule is O=C1NC(=O)C(C2CC(O)C(CO)O2)=C1NCCCCCNC(=O)C(F)(F)F. The quantitative estimate of drug-likeness (QED) is 0.239. The van der Waals surface area contributed by atoms with Gasteiger partial charge in [-0.25, -0.2) is 0 Å². The van der Waals surface area contributed by atoms with Crippen LogP contribution in [0.5, 0.6) is 0 Å². The van der Waals surface area contributed by atoms with E-state index in [4.69, 9.17) is 9.84 Å². The molecule has 9 nitrogen and oxygen atoms in total. The lowest BCUT2D eigenvalue weighted by Gasteiger charge is -2.14. The van der Waals surface area contributed by atoms with Crippen molar-refractivity contribution in [1.82, 2.24) is 16.0 Å². The van der Waals surface area contributed by atoms with Crippen LogP contribution in [0.1, 0.15) is 25.7 Å². The molecule has 0 radical (unpaired) electrons. The fourth-order valence-corrected chi connectivity index (χ4v) is 2.97. The molecular formula is C16H22F3N3O6. The van der Waals surface area contributed by atoms with Crippen LogP contribution in [0.25, 0.3) is 0 Å². The van der Waals surface area contributed by atoms with Crippen LogP contribution >= 0.6 is 0 Å². The smallest absolute Gasteiger partial charge is 0.394 e. The fraction of sp³-hybridized carbons (Fsp3) is 0.688. The highest BCUT2D eigenvalue weighted by molar-refractivity contribution is 6.19. The molecule has 0 aliphatic carbocycles. The highest BCUT2D eigenvalue weighted by Crippen LogP contribution is 2.29. The van der Waals surface area contributed by atoms with Crippen LogP contribution in [0.4, 0.5) is 13.2 Å².